The molecule has 3 aliphatic heterocycles. The molecule has 0 amide bonds. The van der Waals surface area contributed by atoms with Crippen LogP contribution in [0.5, 0.6) is 0 Å². The van der Waals surface area contributed by atoms with E-state index in [-0.39, 0.29) is 17.0 Å². The van der Waals surface area contributed by atoms with Crippen LogP contribution in [-0.4, -0.2) is 34.8 Å². The van der Waals surface area contributed by atoms with E-state index in [2.05, 4.69) is 0 Å². The highest BCUT2D eigenvalue weighted by molar-refractivity contribution is 8.08. The van der Waals surface area contributed by atoms with Crippen molar-refractivity contribution < 1.29 is 14.4 Å². The fourth-order valence-corrected chi connectivity index (χ4v) is 9.31. The third-order valence-corrected chi connectivity index (χ3v) is 9.83. The van der Waals surface area contributed by atoms with Crippen LogP contribution in [0.25, 0.3) is 0 Å². The predicted octanol–water partition coefficient (Wildman–Crippen LogP) is 3.50. The van der Waals surface area contributed by atoms with Crippen molar-refractivity contribution in [3.63, 3.8) is 0 Å². The molecular formula is C15H9O3PS3. The fraction of sp³-hybridized carbons (Fsp3) is 0.200. The van der Waals surface area contributed by atoms with Crippen LogP contribution in [0.15, 0.2) is 49.2 Å². The molecule has 0 fully saturated rings. The number of hydrogen-bond donors (Lipinski definition) is 0. The summed E-state index contributed by atoms with van der Waals surface area (Å²) in [6, 6.07) is 0. The van der Waals surface area contributed by atoms with Gasteiger partial charge in [0.05, 0.1) is 14.7 Å². The smallest absolute Gasteiger partial charge is 0.136 e. The molecule has 3 unspecified atom stereocenters. The van der Waals surface area contributed by atoms with Crippen molar-refractivity contribution in [1.82, 2.24) is 0 Å². The Bertz CT molecular complexity index is 635. The molecule has 0 spiro atoms. The molecule has 110 valence electrons. The van der Waals surface area contributed by atoms with E-state index in [4.69, 9.17) is 0 Å². The maximum atomic E-state index is 11.2. The Labute approximate surface area is 141 Å². The van der Waals surface area contributed by atoms with E-state index >= 15 is 0 Å². The number of carbonyl (C=O) groups excluding carboxylic acids is 3. The summed E-state index contributed by atoms with van der Waals surface area (Å²) in [7, 11) is -0.921. The van der Waals surface area contributed by atoms with Crippen molar-refractivity contribution in [3.05, 3.63) is 49.2 Å². The van der Waals surface area contributed by atoms with Gasteiger partial charge < -0.3 is 0 Å². The second-order valence-corrected chi connectivity index (χ2v) is 9.93. The van der Waals surface area contributed by atoms with Crippen molar-refractivity contribution in [3.8, 4) is 0 Å². The first kappa shape index (κ1) is 15.9. The third kappa shape index (κ3) is 2.80. The number of hydrogen-bond acceptors (Lipinski definition) is 6. The summed E-state index contributed by atoms with van der Waals surface area (Å²) < 4.78 is 0. The van der Waals surface area contributed by atoms with Gasteiger partial charge in [-0.15, -0.1) is 0 Å². The molecule has 0 N–H and O–H groups in total. The first-order valence-electron chi connectivity index (χ1n) is 6.32. The molecule has 0 aliphatic carbocycles. The summed E-state index contributed by atoms with van der Waals surface area (Å²) in [5.41, 5.74) is -0.275. The van der Waals surface area contributed by atoms with Crippen molar-refractivity contribution in [2.24, 2.45) is 0 Å². The predicted molar refractivity (Wildman–Crippen MR) is 96.1 cm³/mol. The Morgan fingerprint density at radius 1 is 0.682 bits per heavy atom. The van der Waals surface area contributed by atoms with Crippen LogP contribution < -0.4 is 0 Å². The van der Waals surface area contributed by atoms with Crippen LogP contribution in [0.3, 0.4) is 0 Å². The number of rotatable bonds is 3. The molecule has 0 aromatic rings. The average molecular weight is 364 g/mol. The van der Waals surface area contributed by atoms with Gasteiger partial charge in [0.1, 0.15) is 17.8 Å². The van der Waals surface area contributed by atoms with E-state index in [0.29, 0.717) is 14.7 Å². The largest absolute Gasteiger partial charge is 0.233 e. The Morgan fingerprint density at radius 3 is 1.27 bits per heavy atom. The minimum atomic E-state index is -0.921. The Balaban J connectivity index is 2.06. The molecule has 0 saturated carbocycles. The quantitative estimate of drug-likeness (QED) is 0.564. The first-order chi connectivity index (χ1) is 10.8. The molecule has 0 saturated heterocycles. The summed E-state index contributed by atoms with van der Waals surface area (Å²) in [4.78, 5) is 35.5. The lowest BCUT2D eigenvalue weighted by Crippen LogP contribution is -2.20. The lowest BCUT2D eigenvalue weighted by molar-refractivity contribution is 0.567. The van der Waals surface area contributed by atoms with Crippen LogP contribution in [0.4, 0.5) is 0 Å². The highest BCUT2D eigenvalue weighted by atomic mass is 32.2. The van der Waals surface area contributed by atoms with Gasteiger partial charge in [0, 0.05) is 17.0 Å². The Hall–Kier alpha value is -0.950. The molecule has 3 rings (SSSR count). The molecule has 22 heavy (non-hydrogen) atoms. The third-order valence-electron chi connectivity index (χ3n) is 3.44. The van der Waals surface area contributed by atoms with Crippen molar-refractivity contribution in [2.45, 2.75) is 17.0 Å². The van der Waals surface area contributed by atoms with Crippen LogP contribution in [0, 0.1) is 0 Å². The number of thioether (sulfide) groups is 3. The normalized spacial score (nSPS) is 30.5. The van der Waals surface area contributed by atoms with Gasteiger partial charge in [-0.1, -0.05) is 61.4 Å². The van der Waals surface area contributed by atoms with Gasteiger partial charge in [-0.2, -0.15) is 0 Å². The van der Waals surface area contributed by atoms with Gasteiger partial charge in [-0.25, -0.2) is 14.4 Å². The zero-order valence-electron chi connectivity index (χ0n) is 11.1. The van der Waals surface area contributed by atoms with Crippen molar-refractivity contribution >= 4 is 61.0 Å². The molecule has 3 heterocycles. The highest BCUT2D eigenvalue weighted by Gasteiger charge is 2.42. The highest BCUT2D eigenvalue weighted by Crippen LogP contribution is 2.65. The molecule has 3 aliphatic rings. The maximum absolute atomic E-state index is 11.2. The van der Waals surface area contributed by atoms with Gasteiger partial charge >= 0.3 is 0 Å². The lowest BCUT2D eigenvalue weighted by atomic mass is 10.4. The van der Waals surface area contributed by atoms with E-state index in [9.17, 15) is 14.4 Å². The van der Waals surface area contributed by atoms with Gasteiger partial charge in [0.25, 0.3) is 0 Å². The molecule has 0 bridgehead atoms. The lowest BCUT2D eigenvalue weighted by Gasteiger charge is -2.32. The van der Waals surface area contributed by atoms with Gasteiger partial charge in [-0.3, -0.25) is 0 Å². The summed E-state index contributed by atoms with van der Waals surface area (Å²) in [5.74, 6) is 6.04. The molecule has 3 atom stereocenters. The van der Waals surface area contributed by atoms with Crippen LogP contribution in [-0.2, 0) is 14.4 Å². The zero-order chi connectivity index (χ0) is 15.5. The monoisotopic (exact) mass is 364 g/mol. The van der Waals surface area contributed by atoms with Crippen molar-refractivity contribution in [1.29, 1.82) is 0 Å². The minimum absolute atomic E-state index is 0.0918. The first-order valence-corrected chi connectivity index (χ1v) is 10.5. The second-order valence-electron chi connectivity index (χ2n) is 4.52. The average Bonchev–Trinajstić information content (AvgIpc) is 3.28. The van der Waals surface area contributed by atoms with E-state index in [0.717, 1.165) is 0 Å². The SMILES string of the molecule is O=C=C1SC=CC1P(C1C=CSC1=C=O)C1C=CSC1=C=O. The standard InChI is InChI=1S/C15H9O3PS3/c16-7-13-10(1-4-20-13)19(11-2-5-21-14(11)8-17)12-3-6-22-15(12)9-18/h1-6,10-12H. The van der Waals surface area contributed by atoms with Crippen molar-refractivity contribution in [2.75, 3.05) is 0 Å². The Morgan fingerprint density at radius 2 is 1.00 bits per heavy atom. The Kier molecular flexibility index (Phi) is 5.13. The molecule has 3 nitrogen and oxygen atoms in total. The summed E-state index contributed by atoms with van der Waals surface area (Å²) in [5, 5.41) is 5.64. The van der Waals surface area contributed by atoms with E-state index in [1.54, 1.807) is 0 Å². The van der Waals surface area contributed by atoms with Gasteiger partial charge in [0.2, 0.25) is 0 Å². The van der Waals surface area contributed by atoms with Crippen LogP contribution in [0.2, 0.25) is 0 Å². The number of allylic oxidation sites excluding steroid dienone is 6. The minimum Gasteiger partial charge on any atom is -0.233 e. The van der Waals surface area contributed by atoms with E-state index in [1.807, 2.05) is 52.3 Å². The molecule has 0 aromatic carbocycles. The van der Waals surface area contributed by atoms with Gasteiger partial charge in [-0.05, 0) is 16.2 Å². The zero-order valence-corrected chi connectivity index (χ0v) is 14.4. The molecule has 7 heteroatoms. The topological polar surface area (TPSA) is 51.2 Å². The van der Waals surface area contributed by atoms with Gasteiger partial charge in [0.15, 0.2) is 0 Å². The summed E-state index contributed by atoms with van der Waals surface area (Å²) in [6.07, 6.45) is 5.94. The van der Waals surface area contributed by atoms with E-state index in [1.165, 1.54) is 35.3 Å². The fourth-order valence-electron chi connectivity index (χ4n) is 2.51. The molecule has 0 radical (unpaired) electrons. The van der Waals surface area contributed by atoms with E-state index < -0.39 is 7.92 Å². The van der Waals surface area contributed by atoms with Crippen LogP contribution in [0.1, 0.15) is 0 Å². The molecule has 0 aromatic heterocycles. The van der Waals surface area contributed by atoms with Crippen LogP contribution >= 0.6 is 43.2 Å². The second kappa shape index (κ2) is 7.08. The summed E-state index contributed by atoms with van der Waals surface area (Å²) in [6.45, 7) is 0. The maximum Gasteiger partial charge on any atom is 0.136 e. The summed E-state index contributed by atoms with van der Waals surface area (Å²) >= 11 is 4.10. The molecular weight excluding hydrogens is 355 g/mol.